The molecule has 0 saturated heterocycles. The predicted molar refractivity (Wildman–Crippen MR) is 52.7 cm³/mol. The van der Waals surface area contributed by atoms with E-state index in [1.54, 1.807) is 6.92 Å². The van der Waals surface area contributed by atoms with Gasteiger partial charge in [0.2, 0.25) is 6.79 Å². The first kappa shape index (κ1) is 9.34. The van der Waals surface area contributed by atoms with Crippen molar-refractivity contribution in [1.82, 2.24) is 0 Å². The second-order valence-electron chi connectivity index (χ2n) is 3.64. The molecule has 2 rings (SSSR count). The quantitative estimate of drug-likeness (QED) is 0.778. The normalized spacial score (nSPS) is 15.6. The minimum atomic E-state index is -0.325. The summed E-state index contributed by atoms with van der Waals surface area (Å²) in [6.07, 6.45) is 0.330. The van der Waals surface area contributed by atoms with E-state index in [4.69, 9.17) is 9.47 Å². The molecule has 3 heteroatoms. The second kappa shape index (κ2) is 3.50. The molecule has 0 aliphatic carbocycles. The second-order valence-corrected chi connectivity index (χ2v) is 3.64. The first-order valence-corrected chi connectivity index (χ1v) is 4.74. The zero-order valence-corrected chi connectivity index (χ0v) is 8.41. The van der Waals surface area contributed by atoms with Gasteiger partial charge in [0.25, 0.3) is 0 Å². The fraction of sp³-hybridized carbons (Fsp3) is 0.455. The van der Waals surface area contributed by atoms with Crippen molar-refractivity contribution in [2.45, 2.75) is 26.4 Å². The standard InChI is InChI=1S/C11H14O3/c1-7(12)5-9-3-4-10-11(8(9)2)14-6-13-10/h3-4,7,12H,5-6H2,1-2H3. The van der Waals surface area contributed by atoms with Crippen molar-refractivity contribution < 1.29 is 14.6 Å². The molecule has 1 aliphatic rings. The third-order valence-corrected chi connectivity index (χ3v) is 2.41. The predicted octanol–water partition coefficient (Wildman–Crippen LogP) is 1.65. The Kier molecular flexibility index (Phi) is 2.33. The molecular formula is C11H14O3. The molecule has 0 aromatic heterocycles. The third-order valence-electron chi connectivity index (χ3n) is 2.41. The first-order chi connectivity index (χ1) is 6.68. The monoisotopic (exact) mass is 194 g/mol. The smallest absolute Gasteiger partial charge is 0.231 e. The number of benzene rings is 1. The summed E-state index contributed by atoms with van der Waals surface area (Å²) >= 11 is 0. The fourth-order valence-electron chi connectivity index (χ4n) is 1.69. The summed E-state index contributed by atoms with van der Waals surface area (Å²) in [5.41, 5.74) is 2.19. The Balaban J connectivity index is 2.35. The minimum absolute atomic E-state index is 0.300. The van der Waals surface area contributed by atoms with Gasteiger partial charge in [-0.1, -0.05) is 6.07 Å². The lowest BCUT2D eigenvalue weighted by atomic mass is 10.0. The van der Waals surface area contributed by atoms with Crippen LogP contribution < -0.4 is 9.47 Å². The van der Waals surface area contributed by atoms with Gasteiger partial charge in [0.15, 0.2) is 11.5 Å². The summed E-state index contributed by atoms with van der Waals surface area (Å²) in [4.78, 5) is 0. The molecule has 1 unspecified atom stereocenters. The summed E-state index contributed by atoms with van der Waals surface area (Å²) in [6, 6.07) is 3.88. The van der Waals surface area contributed by atoms with Crippen LogP contribution in [0.3, 0.4) is 0 Å². The average Bonchev–Trinajstić information content (AvgIpc) is 2.57. The Labute approximate surface area is 83.3 Å². The van der Waals surface area contributed by atoms with Crippen LogP contribution >= 0.6 is 0 Å². The molecule has 1 heterocycles. The molecule has 0 amide bonds. The van der Waals surface area contributed by atoms with Crippen molar-refractivity contribution in [2.75, 3.05) is 6.79 Å². The van der Waals surface area contributed by atoms with Gasteiger partial charge in [-0.2, -0.15) is 0 Å². The van der Waals surface area contributed by atoms with Crippen molar-refractivity contribution in [3.8, 4) is 11.5 Å². The SMILES string of the molecule is Cc1c(CC(C)O)ccc2c1OCO2. The zero-order chi connectivity index (χ0) is 10.1. The highest BCUT2D eigenvalue weighted by Gasteiger charge is 2.18. The number of hydrogen-bond donors (Lipinski definition) is 1. The molecule has 1 N–H and O–H groups in total. The van der Waals surface area contributed by atoms with E-state index in [1.807, 2.05) is 19.1 Å². The largest absolute Gasteiger partial charge is 0.454 e. The number of ether oxygens (including phenoxy) is 2. The van der Waals surface area contributed by atoms with Gasteiger partial charge < -0.3 is 14.6 Å². The number of fused-ring (bicyclic) bond motifs is 1. The molecule has 1 aromatic carbocycles. The van der Waals surface area contributed by atoms with Crippen LogP contribution in [-0.4, -0.2) is 18.0 Å². The maximum Gasteiger partial charge on any atom is 0.231 e. The maximum atomic E-state index is 9.31. The maximum absolute atomic E-state index is 9.31. The minimum Gasteiger partial charge on any atom is -0.454 e. The first-order valence-electron chi connectivity index (χ1n) is 4.74. The molecular weight excluding hydrogens is 180 g/mol. The van der Waals surface area contributed by atoms with E-state index < -0.39 is 0 Å². The van der Waals surface area contributed by atoms with Crippen molar-refractivity contribution in [3.63, 3.8) is 0 Å². The Morgan fingerprint density at radius 1 is 1.43 bits per heavy atom. The number of aliphatic hydroxyl groups excluding tert-OH is 1. The lowest BCUT2D eigenvalue weighted by Crippen LogP contribution is -2.05. The van der Waals surface area contributed by atoms with Gasteiger partial charge in [0.05, 0.1) is 6.10 Å². The van der Waals surface area contributed by atoms with Gasteiger partial charge in [-0.05, 0) is 37.5 Å². The van der Waals surface area contributed by atoms with Gasteiger partial charge in [-0.3, -0.25) is 0 Å². The van der Waals surface area contributed by atoms with Crippen LogP contribution in [0.25, 0.3) is 0 Å². The Hall–Kier alpha value is -1.22. The topological polar surface area (TPSA) is 38.7 Å². The molecule has 3 nitrogen and oxygen atoms in total. The highest BCUT2D eigenvalue weighted by atomic mass is 16.7. The highest BCUT2D eigenvalue weighted by molar-refractivity contribution is 5.51. The Bertz CT molecular complexity index is 345. The molecule has 0 spiro atoms. The van der Waals surface area contributed by atoms with Crippen LogP contribution in [-0.2, 0) is 6.42 Å². The van der Waals surface area contributed by atoms with E-state index in [0.717, 1.165) is 22.6 Å². The third kappa shape index (κ3) is 1.55. The van der Waals surface area contributed by atoms with E-state index >= 15 is 0 Å². The molecule has 76 valence electrons. The zero-order valence-electron chi connectivity index (χ0n) is 8.41. The van der Waals surface area contributed by atoms with Crippen molar-refractivity contribution in [1.29, 1.82) is 0 Å². The summed E-state index contributed by atoms with van der Waals surface area (Å²) in [5, 5.41) is 9.31. The molecule has 1 aromatic rings. The summed E-state index contributed by atoms with van der Waals surface area (Å²) < 4.78 is 10.6. The fourth-order valence-corrected chi connectivity index (χ4v) is 1.69. The van der Waals surface area contributed by atoms with Crippen LogP contribution in [0, 0.1) is 6.92 Å². The lowest BCUT2D eigenvalue weighted by Gasteiger charge is -2.09. The Morgan fingerprint density at radius 2 is 2.21 bits per heavy atom. The highest BCUT2D eigenvalue weighted by Crippen LogP contribution is 2.37. The van der Waals surface area contributed by atoms with Crippen LogP contribution in [0.1, 0.15) is 18.1 Å². The number of hydrogen-bond acceptors (Lipinski definition) is 3. The molecule has 0 saturated carbocycles. The van der Waals surface area contributed by atoms with E-state index in [-0.39, 0.29) is 6.10 Å². The summed E-state index contributed by atoms with van der Waals surface area (Å²) in [7, 11) is 0. The lowest BCUT2D eigenvalue weighted by molar-refractivity contribution is 0.173. The van der Waals surface area contributed by atoms with Crippen LogP contribution in [0.4, 0.5) is 0 Å². The molecule has 0 bridgehead atoms. The van der Waals surface area contributed by atoms with Gasteiger partial charge in [-0.15, -0.1) is 0 Å². The number of rotatable bonds is 2. The van der Waals surface area contributed by atoms with E-state index in [2.05, 4.69) is 0 Å². The summed E-state index contributed by atoms with van der Waals surface area (Å²) in [6.45, 7) is 4.07. The number of aliphatic hydroxyl groups is 1. The van der Waals surface area contributed by atoms with Crippen molar-refractivity contribution in [3.05, 3.63) is 23.3 Å². The van der Waals surface area contributed by atoms with Gasteiger partial charge in [-0.25, -0.2) is 0 Å². The summed E-state index contributed by atoms with van der Waals surface area (Å²) in [5.74, 6) is 1.62. The molecule has 0 fully saturated rings. The average molecular weight is 194 g/mol. The van der Waals surface area contributed by atoms with Crippen molar-refractivity contribution >= 4 is 0 Å². The van der Waals surface area contributed by atoms with E-state index in [1.165, 1.54) is 0 Å². The van der Waals surface area contributed by atoms with Gasteiger partial charge in [0, 0.05) is 0 Å². The molecule has 1 aliphatic heterocycles. The van der Waals surface area contributed by atoms with Crippen molar-refractivity contribution in [2.24, 2.45) is 0 Å². The van der Waals surface area contributed by atoms with Crippen LogP contribution in [0.5, 0.6) is 11.5 Å². The molecule has 1 atom stereocenters. The van der Waals surface area contributed by atoms with E-state index in [9.17, 15) is 5.11 Å². The van der Waals surface area contributed by atoms with Gasteiger partial charge in [0.1, 0.15) is 0 Å². The van der Waals surface area contributed by atoms with E-state index in [0.29, 0.717) is 13.2 Å². The Morgan fingerprint density at radius 3 is 2.93 bits per heavy atom. The van der Waals surface area contributed by atoms with Crippen LogP contribution in [0.15, 0.2) is 12.1 Å². The molecule has 0 radical (unpaired) electrons. The molecule has 14 heavy (non-hydrogen) atoms. The van der Waals surface area contributed by atoms with Crippen LogP contribution in [0.2, 0.25) is 0 Å². The van der Waals surface area contributed by atoms with Gasteiger partial charge >= 0.3 is 0 Å².